The van der Waals surface area contributed by atoms with E-state index in [-0.39, 0.29) is 0 Å². The van der Waals surface area contributed by atoms with E-state index in [4.69, 9.17) is 4.74 Å². The van der Waals surface area contributed by atoms with Gasteiger partial charge in [0.15, 0.2) is 0 Å². The Morgan fingerprint density at radius 1 is 1.17 bits per heavy atom. The van der Waals surface area contributed by atoms with Crippen LogP contribution in [0.3, 0.4) is 0 Å². The van der Waals surface area contributed by atoms with Crippen molar-refractivity contribution in [2.24, 2.45) is 0 Å². The Kier molecular flexibility index (Phi) is 6.39. The molecular weight excluding hydrogens is 150 g/mol. The molecule has 0 amide bonds. The highest BCUT2D eigenvalue weighted by atomic mass is 16.5. The standard InChI is InChI=1S/C6H11NO.2C2H6/c1-7-3-6-2-5(7)4-8-6;2*1-2/h5-6H,2-4H2,1H3;2*1-2H3/t5-,6?;;/m0../s1. The summed E-state index contributed by atoms with van der Waals surface area (Å²) in [5.74, 6) is 0. The Morgan fingerprint density at radius 2 is 1.75 bits per heavy atom. The minimum absolute atomic E-state index is 0.574. The van der Waals surface area contributed by atoms with Gasteiger partial charge < -0.3 is 4.74 Å². The maximum absolute atomic E-state index is 5.38. The van der Waals surface area contributed by atoms with Gasteiger partial charge in [-0.05, 0) is 13.5 Å². The molecule has 0 N–H and O–H groups in total. The average Bonchev–Trinajstić information content (AvgIpc) is 2.72. The predicted molar refractivity (Wildman–Crippen MR) is 53.5 cm³/mol. The van der Waals surface area contributed by atoms with E-state index in [0.29, 0.717) is 6.10 Å². The molecule has 2 rings (SSSR count). The summed E-state index contributed by atoms with van der Waals surface area (Å²) in [5.41, 5.74) is 0. The zero-order chi connectivity index (χ0) is 9.56. The van der Waals surface area contributed by atoms with Crippen LogP contribution in [-0.2, 0) is 4.74 Å². The van der Waals surface area contributed by atoms with Crippen LogP contribution in [0.4, 0.5) is 0 Å². The van der Waals surface area contributed by atoms with E-state index < -0.39 is 0 Å². The van der Waals surface area contributed by atoms with Gasteiger partial charge in [0.05, 0.1) is 12.7 Å². The van der Waals surface area contributed by atoms with Crippen LogP contribution < -0.4 is 0 Å². The van der Waals surface area contributed by atoms with E-state index >= 15 is 0 Å². The number of fused-ring (bicyclic) bond motifs is 2. The van der Waals surface area contributed by atoms with Crippen molar-refractivity contribution in [1.29, 1.82) is 0 Å². The van der Waals surface area contributed by atoms with Gasteiger partial charge >= 0.3 is 0 Å². The fourth-order valence-electron chi connectivity index (χ4n) is 1.59. The normalized spacial score (nSPS) is 31.8. The summed E-state index contributed by atoms with van der Waals surface area (Å²) in [6.07, 6.45) is 1.85. The molecule has 2 nitrogen and oxygen atoms in total. The summed E-state index contributed by atoms with van der Waals surface area (Å²) in [6.45, 7) is 10.1. The summed E-state index contributed by atoms with van der Waals surface area (Å²) in [6, 6.07) is 0.750. The molecule has 12 heavy (non-hydrogen) atoms. The predicted octanol–water partition coefficient (Wildman–Crippen LogP) is 2.14. The zero-order valence-electron chi connectivity index (χ0n) is 9.13. The molecule has 2 heteroatoms. The van der Waals surface area contributed by atoms with Gasteiger partial charge in [0.25, 0.3) is 0 Å². The number of morpholine rings is 1. The number of nitrogens with zero attached hydrogens (tertiary/aromatic N) is 1. The third kappa shape index (κ3) is 2.76. The SMILES string of the molecule is CC.CC.CN1CC2C[C@H]1CO2. The third-order valence-corrected chi connectivity index (χ3v) is 2.17. The number of hydrogen-bond acceptors (Lipinski definition) is 2. The molecule has 0 saturated carbocycles. The van der Waals surface area contributed by atoms with Gasteiger partial charge in [0.1, 0.15) is 0 Å². The fraction of sp³-hybridized carbons (Fsp3) is 1.00. The van der Waals surface area contributed by atoms with E-state index in [0.717, 1.165) is 19.2 Å². The van der Waals surface area contributed by atoms with Gasteiger partial charge in [-0.3, -0.25) is 4.90 Å². The number of hydrogen-bond donors (Lipinski definition) is 0. The molecule has 2 atom stereocenters. The molecule has 0 spiro atoms. The maximum atomic E-state index is 5.38. The minimum Gasteiger partial charge on any atom is -0.375 e. The molecule has 0 aromatic rings. The van der Waals surface area contributed by atoms with Crippen LogP contribution in [0, 0.1) is 0 Å². The largest absolute Gasteiger partial charge is 0.375 e. The van der Waals surface area contributed by atoms with Crippen molar-refractivity contribution in [2.45, 2.75) is 46.3 Å². The van der Waals surface area contributed by atoms with Crippen molar-refractivity contribution in [3.05, 3.63) is 0 Å². The lowest BCUT2D eigenvalue weighted by Crippen LogP contribution is -2.33. The molecule has 0 aromatic carbocycles. The summed E-state index contributed by atoms with van der Waals surface area (Å²) in [4.78, 5) is 2.38. The molecule has 0 aromatic heterocycles. The van der Waals surface area contributed by atoms with Crippen LogP contribution in [0.5, 0.6) is 0 Å². The fourth-order valence-corrected chi connectivity index (χ4v) is 1.59. The van der Waals surface area contributed by atoms with Gasteiger partial charge in [-0.15, -0.1) is 0 Å². The van der Waals surface area contributed by atoms with Crippen LogP contribution in [0.2, 0.25) is 0 Å². The lowest BCUT2D eigenvalue weighted by molar-refractivity contribution is 0.0416. The van der Waals surface area contributed by atoms with Gasteiger partial charge in [0.2, 0.25) is 0 Å². The Hall–Kier alpha value is -0.0800. The second kappa shape index (κ2) is 6.44. The smallest absolute Gasteiger partial charge is 0.0718 e. The molecule has 0 aliphatic carbocycles. The summed E-state index contributed by atoms with van der Waals surface area (Å²) < 4.78 is 5.38. The van der Waals surface area contributed by atoms with Gasteiger partial charge in [-0.1, -0.05) is 27.7 Å². The zero-order valence-corrected chi connectivity index (χ0v) is 9.13. The van der Waals surface area contributed by atoms with E-state index in [9.17, 15) is 0 Å². The second-order valence-corrected chi connectivity index (χ2v) is 2.78. The second-order valence-electron chi connectivity index (χ2n) is 2.78. The summed E-state index contributed by atoms with van der Waals surface area (Å²) in [7, 11) is 2.17. The minimum atomic E-state index is 0.574. The van der Waals surface area contributed by atoms with Crippen molar-refractivity contribution in [1.82, 2.24) is 4.90 Å². The Balaban J connectivity index is 0.000000269. The third-order valence-electron chi connectivity index (χ3n) is 2.17. The molecule has 1 unspecified atom stereocenters. The van der Waals surface area contributed by atoms with Crippen molar-refractivity contribution in [3.63, 3.8) is 0 Å². The summed E-state index contributed by atoms with van der Waals surface area (Å²) in [5, 5.41) is 0. The Morgan fingerprint density at radius 3 is 1.92 bits per heavy atom. The molecule has 2 bridgehead atoms. The highest BCUT2D eigenvalue weighted by Crippen LogP contribution is 2.25. The van der Waals surface area contributed by atoms with Crippen LogP contribution in [0.1, 0.15) is 34.1 Å². The van der Waals surface area contributed by atoms with E-state index in [1.54, 1.807) is 0 Å². The molecule has 2 heterocycles. The van der Waals surface area contributed by atoms with Crippen molar-refractivity contribution >= 4 is 0 Å². The maximum Gasteiger partial charge on any atom is 0.0718 e. The first kappa shape index (κ1) is 11.9. The van der Waals surface area contributed by atoms with E-state index in [1.165, 1.54) is 6.42 Å². The average molecular weight is 173 g/mol. The van der Waals surface area contributed by atoms with Crippen LogP contribution in [-0.4, -0.2) is 37.2 Å². The van der Waals surface area contributed by atoms with Crippen molar-refractivity contribution in [3.8, 4) is 0 Å². The van der Waals surface area contributed by atoms with Crippen LogP contribution in [0.25, 0.3) is 0 Å². The molecule has 0 radical (unpaired) electrons. The van der Waals surface area contributed by atoms with E-state index in [1.807, 2.05) is 27.7 Å². The van der Waals surface area contributed by atoms with Gasteiger partial charge in [-0.25, -0.2) is 0 Å². The number of likely N-dealkylation sites (N-methyl/N-ethyl adjacent to an activating group) is 1. The quantitative estimate of drug-likeness (QED) is 0.556. The van der Waals surface area contributed by atoms with Gasteiger partial charge in [0, 0.05) is 12.6 Å². The topological polar surface area (TPSA) is 12.5 Å². The Bertz CT molecular complexity index is 104. The first-order valence-corrected chi connectivity index (χ1v) is 5.18. The molecular formula is C10H23NO. The van der Waals surface area contributed by atoms with Crippen molar-refractivity contribution in [2.75, 3.05) is 20.2 Å². The lowest BCUT2D eigenvalue weighted by Gasteiger charge is -2.21. The first-order chi connectivity index (χ1) is 5.86. The number of ether oxygens (including phenoxy) is 1. The van der Waals surface area contributed by atoms with Gasteiger partial charge in [-0.2, -0.15) is 0 Å². The lowest BCUT2D eigenvalue weighted by atomic mass is 10.2. The highest BCUT2D eigenvalue weighted by molar-refractivity contribution is 4.89. The monoisotopic (exact) mass is 173 g/mol. The summed E-state index contributed by atoms with van der Waals surface area (Å²) >= 11 is 0. The molecule has 2 aliphatic rings. The van der Waals surface area contributed by atoms with Crippen molar-refractivity contribution < 1.29 is 4.74 Å². The number of rotatable bonds is 0. The van der Waals surface area contributed by atoms with Crippen LogP contribution >= 0.6 is 0 Å². The Labute approximate surface area is 76.9 Å². The number of likely N-dealkylation sites (tertiary alicyclic amines) is 1. The molecule has 74 valence electrons. The highest BCUT2D eigenvalue weighted by Gasteiger charge is 2.36. The first-order valence-electron chi connectivity index (χ1n) is 5.18. The van der Waals surface area contributed by atoms with Crippen LogP contribution in [0.15, 0.2) is 0 Å². The molecule has 2 fully saturated rings. The molecule has 2 saturated heterocycles. The molecule has 2 aliphatic heterocycles. The van der Waals surface area contributed by atoms with E-state index in [2.05, 4.69) is 11.9 Å².